The van der Waals surface area contributed by atoms with Crippen LogP contribution < -0.4 is 0 Å². The van der Waals surface area contributed by atoms with Crippen LogP contribution in [0.4, 0.5) is 0 Å². The van der Waals surface area contributed by atoms with Gasteiger partial charge in [0, 0.05) is 87.0 Å². The van der Waals surface area contributed by atoms with Crippen LogP contribution in [-0.4, -0.2) is 11.6 Å². The summed E-state index contributed by atoms with van der Waals surface area (Å²) in [4.78, 5) is 39.0. The van der Waals surface area contributed by atoms with E-state index in [-0.39, 0.29) is 34.8 Å². The Morgan fingerprint density at radius 3 is 1.38 bits per heavy atom. The molecule has 2 spiro atoms. The first-order valence-corrected chi connectivity index (χ1v) is 24.2. The Morgan fingerprint density at radius 1 is 0.606 bits per heavy atom. The molecular formula is C56H38N4O4S2. The van der Waals surface area contributed by atoms with Crippen LogP contribution in [0, 0.1) is 47.6 Å². The normalized spacial score (nSPS) is 25.0. The summed E-state index contributed by atoms with van der Waals surface area (Å²) in [6, 6.07) is 22.9. The molecule has 2 atom stereocenters. The summed E-state index contributed by atoms with van der Waals surface area (Å²) >= 11 is 3.28. The maximum atomic E-state index is 14.0. The molecule has 0 N–H and O–H groups in total. The van der Waals surface area contributed by atoms with E-state index in [2.05, 4.69) is 46.1 Å². The molecule has 0 saturated heterocycles. The summed E-state index contributed by atoms with van der Waals surface area (Å²) < 4.78 is 14.5. The van der Waals surface area contributed by atoms with Gasteiger partial charge in [0.05, 0.1) is 25.3 Å². The van der Waals surface area contributed by atoms with Crippen LogP contribution >= 0.6 is 22.7 Å². The first-order chi connectivity index (χ1) is 32.3. The number of Topliss-reactive ketones (excluding diaryl/α,β-unsaturated/α-hetero) is 2. The fourth-order valence-electron chi connectivity index (χ4n) is 11.7. The van der Waals surface area contributed by atoms with E-state index in [4.69, 9.17) is 22.6 Å². The molecule has 0 amide bonds. The summed E-state index contributed by atoms with van der Waals surface area (Å²) in [7, 11) is 0. The van der Waals surface area contributed by atoms with Crippen LogP contribution in [0.25, 0.3) is 44.1 Å². The highest BCUT2D eigenvalue weighted by atomic mass is 32.1. The molecule has 6 aliphatic carbocycles. The number of hydrogen-bond acceptors (Lipinski definition) is 8. The standard InChI is InChI=1S/C56H38N4O4S2/c1-59-45(29-57)49-35-13-5-7-15-37(35)51(61)41(49)25-33-27-43-53(65-33)39-21-31-24-48-40(22-32(31)23-47(39)63-55(43)17-9-3-10-18-55)54-44(56(64-48)19-11-4-12-20-56)28-34(66-54)26-42-50(46(30-58)60-2)36-14-6-8-16-38(36)52(42)62/h5-8,13-16,21-28,31-32H,3-4,9-12,17-20H2/b41-25-,42-26-,49-45+,50-46?. The highest BCUT2D eigenvalue weighted by molar-refractivity contribution is 7.14. The zero-order chi connectivity index (χ0) is 44.9. The van der Waals surface area contributed by atoms with E-state index in [0.29, 0.717) is 44.5 Å². The molecule has 2 aliphatic heterocycles. The monoisotopic (exact) mass is 894 g/mol. The second-order valence-corrected chi connectivity index (χ2v) is 20.4. The number of nitriles is 2. The zero-order valence-electron chi connectivity index (χ0n) is 35.7. The third kappa shape index (κ3) is 5.89. The van der Waals surface area contributed by atoms with E-state index in [1.165, 1.54) is 0 Å². The molecule has 2 aromatic carbocycles. The van der Waals surface area contributed by atoms with Gasteiger partial charge >= 0.3 is 0 Å². The van der Waals surface area contributed by atoms with Crippen LogP contribution in [0.2, 0.25) is 0 Å². The summed E-state index contributed by atoms with van der Waals surface area (Å²) in [5.41, 5.74) is 6.93. The maximum Gasteiger partial charge on any atom is 0.270 e. The number of hydrogen-bond donors (Lipinski definition) is 0. The number of allylic oxidation sites excluding steroid dienone is 12. The SMILES string of the molecule is [C-]#[N+]C(C#N)=C1/C(=C/c2cc3c(s2)C2=CC4C=C5OC6(CCCCC6)c6cc(/C=C7\C(=O)c8ccccc8\C7=C(\C#N)[N+]#[C-])sc6C5=CC4C=C2OC32CCCCC2)C(=O)c2ccccc21. The number of ketones is 2. The quantitative estimate of drug-likeness (QED) is 0.113. The van der Waals surface area contributed by atoms with Gasteiger partial charge in [0.2, 0.25) is 0 Å². The predicted octanol–water partition coefficient (Wildman–Crippen LogP) is 13.6. The van der Waals surface area contributed by atoms with Gasteiger partial charge in [-0.15, -0.1) is 22.7 Å². The Morgan fingerprint density at radius 2 is 1.00 bits per heavy atom. The van der Waals surface area contributed by atoms with E-state index >= 15 is 0 Å². The van der Waals surface area contributed by atoms with Gasteiger partial charge in [-0.05, 0) is 98.9 Å². The Kier molecular flexibility index (Phi) is 9.21. The van der Waals surface area contributed by atoms with Gasteiger partial charge in [-0.3, -0.25) is 9.59 Å². The summed E-state index contributed by atoms with van der Waals surface area (Å²) in [6.07, 6.45) is 22.9. The number of benzene rings is 2. The van der Waals surface area contributed by atoms with E-state index in [1.807, 2.05) is 60.7 Å². The maximum absolute atomic E-state index is 14.0. The molecular weight excluding hydrogens is 857 g/mol. The molecule has 0 bridgehead atoms. The van der Waals surface area contributed by atoms with Crippen LogP contribution in [0.5, 0.6) is 0 Å². The molecule has 0 radical (unpaired) electrons. The number of carbonyl (C=O) groups excluding carboxylic acids is 2. The van der Waals surface area contributed by atoms with E-state index in [9.17, 15) is 20.1 Å². The Bertz CT molecular complexity index is 3120. The Labute approximate surface area is 390 Å². The third-order valence-electron chi connectivity index (χ3n) is 14.7. The molecule has 12 rings (SSSR count). The van der Waals surface area contributed by atoms with Crippen molar-refractivity contribution >= 4 is 68.7 Å². The summed E-state index contributed by atoms with van der Waals surface area (Å²) in [6.45, 7) is 15.6. The van der Waals surface area contributed by atoms with Gasteiger partial charge < -0.3 is 9.47 Å². The molecule has 2 unspecified atom stereocenters. The summed E-state index contributed by atoms with van der Waals surface area (Å²) in [5, 5.41) is 20.0. The van der Waals surface area contributed by atoms with Gasteiger partial charge in [0.15, 0.2) is 11.6 Å². The lowest BCUT2D eigenvalue weighted by Crippen LogP contribution is -2.37. The van der Waals surface area contributed by atoms with Gasteiger partial charge in [0.25, 0.3) is 11.4 Å². The van der Waals surface area contributed by atoms with Crippen molar-refractivity contribution < 1.29 is 19.1 Å². The van der Waals surface area contributed by atoms with Crippen molar-refractivity contribution in [3.63, 3.8) is 0 Å². The molecule has 8 aliphatic rings. The molecule has 4 aromatic rings. The first-order valence-electron chi connectivity index (χ1n) is 22.6. The van der Waals surface area contributed by atoms with Gasteiger partial charge in [-0.25, -0.2) is 20.2 Å². The van der Waals surface area contributed by atoms with Crippen molar-refractivity contribution in [2.45, 2.75) is 75.4 Å². The molecule has 2 aromatic heterocycles. The number of fused-ring (bicyclic) bond motifs is 11. The number of carbonyl (C=O) groups is 2. The third-order valence-corrected chi connectivity index (χ3v) is 16.9. The lowest BCUT2D eigenvalue weighted by atomic mass is 9.72. The average molecular weight is 895 g/mol. The van der Waals surface area contributed by atoms with Crippen molar-refractivity contribution in [2.24, 2.45) is 11.8 Å². The Balaban J connectivity index is 0.961. The molecule has 66 heavy (non-hydrogen) atoms. The minimum atomic E-state index is -0.511. The van der Waals surface area contributed by atoms with Crippen molar-refractivity contribution in [1.82, 2.24) is 0 Å². The molecule has 2 fully saturated rings. The smallest absolute Gasteiger partial charge is 0.270 e. The van der Waals surface area contributed by atoms with E-state index in [1.54, 1.807) is 34.8 Å². The molecule has 2 saturated carbocycles. The minimum absolute atomic E-state index is 0.00960. The predicted molar refractivity (Wildman–Crippen MR) is 255 cm³/mol. The number of ether oxygens (including phenoxy) is 2. The summed E-state index contributed by atoms with van der Waals surface area (Å²) in [5.74, 6) is 1.35. The highest BCUT2D eigenvalue weighted by Crippen LogP contribution is 2.59. The van der Waals surface area contributed by atoms with Crippen LogP contribution in [0.1, 0.15) is 127 Å². The topological polar surface area (TPSA) is 109 Å². The Hall–Kier alpha value is -7.34. The number of nitrogens with zero attached hydrogens (tertiary/aromatic N) is 4. The number of rotatable bonds is 2. The van der Waals surface area contributed by atoms with Crippen LogP contribution in [0.3, 0.4) is 0 Å². The lowest BCUT2D eigenvalue weighted by molar-refractivity contribution is -0.0339. The van der Waals surface area contributed by atoms with E-state index < -0.39 is 11.2 Å². The first kappa shape index (κ1) is 40.2. The minimum Gasteiger partial charge on any atom is -0.482 e. The fourth-order valence-corrected chi connectivity index (χ4v) is 14.1. The largest absolute Gasteiger partial charge is 0.482 e. The van der Waals surface area contributed by atoms with Crippen LogP contribution in [-0.2, 0) is 20.7 Å². The van der Waals surface area contributed by atoms with Crippen molar-refractivity contribution in [1.29, 1.82) is 10.5 Å². The fraction of sp³-hybridized carbons (Fsp3) is 0.250. The molecule has 4 heterocycles. The zero-order valence-corrected chi connectivity index (χ0v) is 37.3. The molecule has 318 valence electrons. The van der Waals surface area contributed by atoms with Gasteiger partial charge in [0.1, 0.15) is 22.7 Å². The second kappa shape index (κ2) is 15.1. The molecule has 10 heteroatoms. The molecule has 8 nitrogen and oxygen atoms in total. The van der Waals surface area contributed by atoms with Gasteiger partial charge in [-0.2, -0.15) is 0 Å². The number of thiophene rings is 2. The highest BCUT2D eigenvalue weighted by Gasteiger charge is 2.49. The van der Waals surface area contributed by atoms with Crippen molar-refractivity contribution in [2.75, 3.05) is 0 Å². The van der Waals surface area contributed by atoms with Gasteiger partial charge in [-0.1, -0.05) is 73.5 Å². The second-order valence-electron chi connectivity index (χ2n) is 18.2. The van der Waals surface area contributed by atoms with E-state index in [0.717, 1.165) is 118 Å². The lowest BCUT2D eigenvalue weighted by Gasteiger charge is -2.46. The van der Waals surface area contributed by atoms with Crippen LogP contribution in [0.15, 0.2) is 119 Å². The average Bonchev–Trinajstić information content (AvgIpc) is 4.11. The van der Waals surface area contributed by atoms with Crippen molar-refractivity contribution in [3.8, 4) is 12.1 Å². The van der Waals surface area contributed by atoms with Crippen molar-refractivity contribution in [3.05, 3.63) is 195 Å².